The summed E-state index contributed by atoms with van der Waals surface area (Å²) < 4.78 is 5.96. The van der Waals surface area contributed by atoms with Crippen LogP contribution in [0.25, 0.3) is 22.6 Å². The number of nitrogens with zero attached hydrogens (tertiary/aromatic N) is 3. The van der Waals surface area contributed by atoms with Gasteiger partial charge in [0.1, 0.15) is 11.3 Å². The Hall–Kier alpha value is -6.81. The monoisotopic (exact) mass is 754 g/mol. The Morgan fingerprint density at radius 2 is 1.53 bits per heavy atom. The summed E-state index contributed by atoms with van der Waals surface area (Å²) in [6, 6.07) is 36.8. The van der Waals surface area contributed by atoms with Gasteiger partial charge in [-0.25, -0.2) is 4.98 Å². The van der Waals surface area contributed by atoms with E-state index in [0.717, 1.165) is 27.2 Å². The van der Waals surface area contributed by atoms with Gasteiger partial charge >= 0.3 is 0 Å². The van der Waals surface area contributed by atoms with Crippen LogP contribution in [0.3, 0.4) is 0 Å². The van der Waals surface area contributed by atoms with Crippen LogP contribution in [-0.4, -0.2) is 38.7 Å². The molecule has 10 heteroatoms. The molecule has 6 unspecified atom stereocenters. The van der Waals surface area contributed by atoms with Crippen LogP contribution in [0.4, 0.5) is 11.4 Å². The summed E-state index contributed by atoms with van der Waals surface area (Å²) in [5.41, 5.74) is 8.83. The van der Waals surface area contributed by atoms with Crippen molar-refractivity contribution in [3.63, 3.8) is 0 Å². The molecular weight excluding hydrogens is 717 g/mol. The van der Waals surface area contributed by atoms with E-state index in [4.69, 9.17) is 4.42 Å². The second kappa shape index (κ2) is 12.9. The van der Waals surface area contributed by atoms with E-state index in [1.54, 1.807) is 37.3 Å². The SMILES string of the molecule is Cc1ccc(NN2C(=O)C3CC4C(=CCC5C(=O)N(c6ccc(-c7nc8ccccc8o7)cc6)C(=O)C54)C(c4ccc(O)c(C)c4)C3(c3ccccc3)C2=O)cc1. The third kappa shape index (κ3) is 5.13. The minimum atomic E-state index is -1.39. The molecule has 57 heavy (non-hydrogen) atoms. The van der Waals surface area contributed by atoms with Crippen molar-refractivity contribution in [3.05, 3.63) is 155 Å². The normalized spacial score (nSPS) is 25.4. The van der Waals surface area contributed by atoms with Crippen LogP contribution < -0.4 is 10.3 Å². The van der Waals surface area contributed by atoms with Gasteiger partial charge in [0, 0.05) is 11.5 Å². The highest BCUT2D eigenvalue weighted by Gasteiger charge is 2.70. The van der Waals surface area contributed by atoms with Gasteiger partial charge in [-0.1, -0.05) is 83.9 Å². The molecule has 10 rings (SSSR count). The molecule has 5 aromatic carbocycles. The van der Waals surface area contributed by atoms with E-state index in [1.807, 2.05) is 104 Å². The van der Waals surface area contributed by atoms with Crippen molar-refractivity contribution in [1.29, 1.82) is 0 Å². The summed E-state index contributed by atoms with van der Waals surface area (Å²) in [5.74, 6) is -4.31. The molecule has 282 valence electrons. The molecule has 3 fully saturated rings. The highest BCUT2D eigenvalue weighted by molar-refractivity contribution is 6.22. The van der Waals surface area contributed by atoms with Gasteiger partial charge in [-0.15, -0.1) is 0 Å². The van der Waals surface area contributed by atoms with Crippen LogP contribution in [-0.2, 0) is 24.6 Å². The number of phenols is 1. The highest BCUT2D eigenvalue weighted by atomic mass is 16.3. The first kappa shape index (κ1) is 34.7. The van der Waals surface area contributed by atoms with Crippen molar-refractivity contribution >= 4 is 46.1 Å². The fourth-order valence-corrected chi connectivity index (χ4v) is 9.98. The van der Waals surface area contributed by atoms with Crippen molar-refractivity contribution in [2.45, 2.75) is 38.0 Å². The average molecular weight is 755 g/mol. The zero-order valence-corrected chi connectivity index (χ0v) is 31.3. The van der Waals surface area contributed by atoms with Gasteiger partial charge in [0.15, 0.2) is 5.58 Å². The molecule has 2 saturated heterocycles. The molecule has 6 atom stereocenters. The number of fused-ring (bicyclic) bond motifs is 5. The Morgan fingerprint density at radius 3 is 2.26 bits per heavy atom. The predicted molar refractivity (Wildman–Crippen MR) is 214 cm³/mol. The molecule has 2 N–H and O–H groups in total. The Balaban J connectivity index is 1.07. The number of imide groups is 2. The molecule has 6 aromatic rings. The second-order valence-corrected chi connectivity index (χ2v) is 15.7. The number of aromatic nitrogens is 1. The maximum Gasteiger partial charge on any atom is 0.260 e. The first-order valence-electron chi connectivity index (χ1n) is 19.3. The predicted octanol–water partition coefficient (Wildman–Crippen LogP) is 8.01. The zero-order valence-electron chi connectivity index (χ0n) is 31.3. The van der Waals surface area contributed by atoms with Crippen LogP contribution in [0.2, 0.25) is 0 Å². The Morgan fingerprint density at radius 1 is 0.789 bits per heavy atom. The molecule has 0 radical (unpaired) electrons. The molecule has 4 aliphatic rings. The maximum absolute atomic E-state index is 15.3. The number of anilines is 2. The zero-order chi connectivity index (χ0) is 39.2. The van der Waals surface area contributed by atoms with E-state index >= 15 is 4.79 Å². The number of hydrazine groups is 1. The van der Waals surface area contributed by atoms with E-state index in [9.17, 15) is 19.5 Å². The van der Waals surface area contributed by atoms with Crippen molar-refractivity contribution in [3.8, 4) is 17.2 Å². The number of amides is 4. The lowest BCUT2D eigenvalue weighted by molar-refractivity contribution is -0.138. The Bertz CT molecular complexity index is 2640. The van der Waals surface area contributed by atoms with Crippen molar-refractivity contribution in [2.24, 2.45) is 23.7 Å². The Kier molecular flexibility index (Phi) is 7.83. The summed E-state index contributed by atoms with van der Waals surface area (Å²) in [6.07, 6.45) is 2.53. The van der Waals surface area contributed by atoms with E-state index < -0.39 is 46.8 Å². The van der Waals surface area contributed by atoms with Crippen LogP contribution in [0.5, 0.6) is 5.75 Å². The molecule has 1 aromatic heterocycles. The molecular formula is C47H38N4O6. The molecule has 1 saturated carbocycles. The van der Waals surface area contributed by atoms with Crippen LogP contribution in [0, 0.1) is 37.5 Å². The van der Waals surface area contributed by atoms with E-state index in [2.05, 4.69) is 10.4 Å². The van der Waals surface area contributed by atoms with Crippen molar-refractivity contribution in [1.82, 2.24) is 9.99 Å². The van der Waals surface area contributed by atoms with Gasteiger partial charge in [-0.3, -0.25) is 29.5 Å². The number of phenolic OH excluding ortho intramolecular Hbond substituents is 1. The van der Waals surface area contributed by atoms with Gasteiger partial charge in [-0.2, -0.15) is 5.01 Å². The molecule has 4 amide bonds. The summed E-state index contributed by atoms with van der Waals surface area (Å²) in [4.78, 5) is 65.2. The average Bonchev–Trinajstić information content (AvgIpc) is 3.84. The van der Waals surface area contributed by atoms with Gasteiger partial charge in [0.25, 0.3) is 11.8 Å². The minimum Gasteiger partial charge on any atom is -0.508 e. The number of hydrogen-bond donors (Lipinski definition) is 2. The van der Waals surface area contributed by atoms with Gasteiger partial charge in [-0.05, 0) is 104 Å². The van der Waals surface area contributed by atoms with Crippen LogP contribution >= 0.6 is 0 Å². The van der Waals surface area contributed by atoms with E-state index in [0.29, 0.717) is 46.0 Å². The number of oxazole rings is 1. The van der Waals surface area contributed by atoms with Gasteiger partial charge in [0.2, 0.25) is 17.7 Å². The number of allylic oxidation sites excluding steroid dienone is 2. The highest BCUT2D eigenvalue weighted by Crippen LogP contribution is 2.64. The first-order valence-corrected chi connectivity index (χ1v) is 19.3. The summed E-state index contributed by atoms with van der Waals surface area (Å²) in [5, 5.41) is 11.8. The second-order valence-electron chi connectivity index (χ2n) is 15.7. The van der Waals surface area contributed by atoms with E-state index in [1.165, 1.54) is 4.90 Å². The number of para-hydroxylation sites is 2. The van der Waals surface area contributed by atoms with Crippen molar-refractivity contribution < 1.29 is 28.7 Å². The lowest BCUT2D eigenvalue weighted by atomic mass is 9.49. The number of aromatic hydroxyl groups is 1. The lowest BCUT2D eigenvalue weighted by Gasteiger charge is -2.50. The smallest absolute Gasteiger partial charge is 0.260 e. The lowest BCUT2D eigenvalue weighted by Crippen LogP contribution is -2.53. The number of aryl methyl sites for hydroxylation is 2. The maximum atomic E-state index is 15.3. The quantitative estimate of drug-likeness (QED) is 0.129. The molecule has 0 bridgehead atoms. The molecule has 0 spiro atoms. The summed E-state index contributed by atoms with van der Waals surface area (Å²) >= 11 is 0. The number of rotatable bonds is 6. The number of carbonyl (C=O) groups is 4. The molecule has 10 nitrogen and oxygen atoms in total. The number of hydrogen-bond acceptors (Lipinski definition) is 8. The summed E-state index contributed by atoms with van der Waals surface area (Å²) in [7, 11) is 0. The number of nitrogens with one attached hydrogen (secondary N) is 1. The first-order chi connectivity index (χ1) is 27.6. The number of benzene rings is 5. The third-order valence-corrected chi connectivity index (χ3v) is 12.6. The van der Waals surface area contributed by atoms with E-state index in [-0.39, 0.29) is 24.0 Å². The molecule has 2 aliphatic carbocycles. The fourth-order valence-electron chi connectivity index (χ4n) is 9.98. The Labute approximate surface area is 328 Å². The minimum absolute atomic E-state index is 0.111. The largest absolute Gasteiger partial charge is 0.508 e. The molecule has 2 aliphatic heterocycles. The molecule has 3 heterocycles. The van der Waals surface area contributed by atoms with Crippen LogP contribution in [0.1, 0.15) is 41.0 Å². The number of carbonyl (C=O) groups excluding carboxylic acids is 4. The van der Waals surface area contributed by atoms with Crippen LogP contribution in [0.15, 0.2) is 137 Å². The van der Waals surface area contributed by atoms with Gasteiger partial charge < -0.3 is 9.52 Å². The summed E-state index contributed by atoms with van der Waals surface area (Å²) in [6.45, 7) is 3.77. The third-order valence-electron chi connectivity index (χ3n) is 12.6. The van der Waals surface area contributed by atoms with Crippen molar-refractivity contribution in [2.75, 3.05) is 10.3 Å². The van der Waals surface area contributed by atoms with Gasteiger partial charge in [0.05, 0.1) is 34.5 Å². The fraction of sp³-hybridized carbons (Fsp3) is 0.213. The topological polar surface area (TPSA) is 133 Å². The standard InChI is InChI=1S/C47H38N4O6/c1-26-12-17-31(18-13-26)49-51-44(54)36-25-35-33(41(29-16-23-38(52)27(2)24-29)47(36,46(51)56)30-8-4-3-5-9-30)21-22-34-40(35)45(55)50(43(34)53)32-19-14-28(15-20-32)42-48-37-10-6-7-11-39(37)57-42/h3-21,23-24,34-36,40-41,49,52H,22,25H2,1-2H3.